The number of carbonyl (C=O) groups is 1. The standard InChI is InChI=1S/C27H29Cl2N5OS/c1-2-23(28)7-3-4-13-32-14-16-33(17-15-32)26(35)22-11-9-21(10-12-22)25-30-27(36)34(31-25)19-20-6-5-8-24(29)18-20/h3-12,18H,2,13-17,19H2,1H3,(H,30,31,36)/b4-3-,23-7+. The molecule has 2 aromatic carbocycles. The van der Waals surface area contributed by atoms with E-state index in [9.17, 15) is 4.79 Å². The van der Waals surface area contributed by atoms with Crippen molar-refractivity contribution >= 4 is 41.3 Å². The maximum Gasteiger partial charge on any atom is 0.253 e. The summed E-state index contributed by atoms with van der Waals surface area (Å²) >= 11 is 17.5. The van der Waals surface area contributed by atoms with Crippen LogP contribution in [-0.2, 0) is 6.54 Å². The fraction of sp³-hybridized carbons (Fsp3) is 0.296. The zero-order valence-corrected chi connectivity index (χ0v) is 22.5. The zero-order valence-electron chi connectivity index (χ0n) is 20.2. The molecular weight excluding hydrogens is 513 g/mol. The summed E-state index contributed by atoms with van der Waals surface area (Å²) in [4.78, 5) is 21.8. The van der Waals surface area contributed by atoms with Gasteiger partial charge in [-0.3, -0.25) is 19.5 Å². The summed E-state index contributed by atoms with van der Waals surface area (Å²) < 4.78 is 2.26. The van der Waals surface area contributed by atoms with Gasteiger partial charge in [-0.2, -0.15) is 4.98 Å². The van der Waals surface area contributed by atoms with Crippen molar-refractivity contribution in [3.63, 3.8) is 0 Å². The Morgan fingerprint density at radius 3 is 2.58 bits per heavy atom. The minimum atomic E-state index is 0.0498. The fourth-order valence-corrected chi connectivity index (χ4v) is 4.48. The number of carbonyl (C=O) groups excluding carboxylic acids is 1. The first-order valence-electron chi connectivity index (χ1n) is 12.0. The van der Waals surface area contributed by atoms with Gasteiger partial charge >= 0.3 is 0 Å². The van der Waals surface area contributed by atoms with Crippen LogP contribution in [0, 0.1) is 4.77 Å². The van der Waals surface area contributed by atoms with Gasteiger partial charge in [0.2, 0.25) is 4.77 Å². The highest BCUT2D eigenvalue weighted by Gasteiger charge is 2.21. The summed E-state index contributed by atoms with van der Waals surface area (Å²) in [6.07, 6.45) is 6.88. The van der Waals surface area contributed by atoms with Gasteiger partial charge in [-0.05, 0) is 54.5 Å². The van der Waals surface area contributed by atoms with Gasteiger partial charge in [0.1, 0.15) is 0 Å². The Morgan fingerprint density at radius 1 is 1.14 bits per heavy atom. The molecule has 4 rings (SSSR count). The van der Waals surface area contributed by atoms with Crippen LogP contribution >= 0.6 is 35.4 Å². The van der Waals surface area contributed by atoms with Crippen LogP contribution in [0.1, 0.15) is 29.3 Å². The Bertz CT molecular complexity index is 1300. The molecule has 0 saturated carbocycles. The molecule has 1 N–H and O–H groups in total. The number of benzene rings is 2. The van der Waals surface area contributed by atoms with Crippen molar-refractivity contribution in [1.29, 1.82) is 0 Å². The van der Waals surface area contributed by atoms with Gasteiger partial charge < -0.3 is 4.90 Å². The Hall–Kier alpha value is -2.71. The molecule has 0 aliphatic carbocycles. The number of amides is 1. The summed E-state index contributed by atoms with van der Waals surface area (Å²) in [5.74, 6) is 0.714. The van der Waals surface area contributed by atoms with Crippen LogP contribution in [0.25, 0.3) is 11.4 Å². The molecule has 1 amide bonds. The fourth-order valence-electron chi connectivity index (χ4n) is 4.00. The summed E-state index contributed by atoms with van der Waals surface area (Å²) in [5.41, 5.74) is 2.57. The lowest BCUT2D eigenvalue weighted by Gasteiger charge is -2.34. The van der Waals surface area contributed by atoms with E-state index < -0.39 is 0 Å². The molecule has 0 spiro atoms. The van der Waals surface area contributed by atoms with E-state index in [1.54, 1.807) is 4.68 Å². The maximum atomic E-state index is 13.0. The lowest BCUT2D eigenvalue weighted by Crippen LogP contribution is -2.48. The SMILES string of the molecule is CC/C(Cl)=C\C=C/CN1CCN(C(=O)c2ccc(-c3nc(=S)n(Cc4cccc(Cl)c4)[nH]3)cc2)CC1. The van der Waals surface area contributed by atoms with Crippen LogP contribution < -0.4 is 0 Å². The van der Waals surface area contributed by atoms with E-state index in [4.69, 9.17) is 35.4 Å². The smallest absolute Gasteiger partial charge is 0.253 e. The van der Waals surface area contributed by atoms with Crippen LogP contribution in [-0.4, -0.2) is 63.2 Å². The quantitative estimate of drug-likeness (QED) is 0.274. The number of allylic oxidation sites excluding steroid dienone is 3. The second-order valence-corrected chi connectivity index (χ2v) is 9.92. The normalized spacial score (nSPS) is 15.1. The number of hydrogen-bond donors (Lipinski definition) is 1. The number of nitrogens with one attached hydrogen (secondary N) is 1. The topological polar surface area (TPSA) is 57.2 Å². The van der Waals surface area contributed by atoms with E-state index in [0.717, 1.165) is 42.2 Å². The lowest BCUT2D eigenvalue weighted by molar-refractivity contribution is 0.0650. The van der Waals surface area contributed by atoms with Crippen molar-refractivity contribution in [3.05, 3.63) is 92.7 Å². The van der Waals surface area contributed by atoms with E-state index in [1.807, 2.05) is 72.5 Å². The molecule has 9 heteroatoms. The first-order chi connectivity index (χ1) is 17.4. The number of nitrogens with zero attached hydrogens (tertiary/aromatic N) is 4. The predicted molar refractivity (Wildman–Crippen MR) is 149 cm³/mol. The third-order valence-electron chi connectivity index (χ3n) is 6.09. The van der Waals surface area contributed by atoms with Gasteiger partial charge in [-0.15, -0.1) is 0 Å². The number of hydrogen-bond acceptors (Lipinski definition) is 4. The van der Waals surface area contributed by atoms with E-state index in [0.29, 0.717) is 40.8 Å². The molecule has 0 unspecified atom stereocenters. The number of halogens is 2. The lowest BCUT2D eigenvalue weighted by atomic mass is 10.1. The molecule has 0 radical (unpaired) electrons. The summed E-state index contributed by atoms with van der Waals surface area (Å²) in [6.45, 7) is 6.55. The van der Waals surface area contributed by atoms with E-state index in [2.05, 4.69) is 21.1 Å². The molecule has 1 fully saturated rings. The number of rotatable bonds is 8. The highest BCUT2D eigenvalue weighted by molar-refractivity contribution is 7.71. The average Bonchev–Trinajstić information content (AvgIpc) is 3.26. The molecular formula is C27H29Cl2N5OS. The van der Waals surface area contributed by atoms with E-state index >= 15 is 0 Å². The van der Waals surface area contributed by atoms with Gasteiger partial charge in [0.25, 0.3) is 5.91 Å². The van der Waals surface area contributed by atoms with E-state index in [-0.39, 0.29) is 5.91 Å². The Kier molecular flexibility index (Phi) is 9.15. The molecule has 6 nitrogen and oxygen atoms in total. The number of H-pyrrole nitrogens is 1. The van der Waals surface area contributed by atoms with Gasteiger partial charge in [-0.1, -0.05) is 66.5 Å². The van der Waals surface area contributed by atoms with E-state index in [1.165, 1.54) is 0 Å². The third-order valence-corrected chi connectivity index (χ3v) is 7.03. The monoisotopic (exact) mass is 541 g/mol. The highest BCUT2D eigenvalue weighted by atomic mass is 35.5. The predicted octanol–water partition coefficient (Wildman–Crippen LogP) is 6.16. The maximum absolute atomic E-state index is 13.0. The minimum Gasteiger partial charge on any atom is -0.336 e. The largest absolute Gasteiger partial charge is 0.336 e. The molecule has 2 heterocycles. The Labute approximate surface area is 226 Å². The minimum absolute atomic E-state index is 0.0498. The Balaban J connectivity index is 1.33. The van der Waals surface area contributed by atoms with Crippen molar-refractivity contribution in [3.8, 4) is 11.4 Å². The second-order valence-electron chi connectivity index (χ2n) is 8.64. The van der Waals surface area contributed by atoms with Crippen LogP contribution in [0.2, 0.25) is 5.02 Å². The molecule has 1 aliphatic heterocycles. The molecule has 0 bridgehead atoms. The van der Waals surface area contributed by atoms with Crippen LogP contribution in [0.5, 0.6) is 0 Å². The van der Waals surface area contributed by atoms with Crippen LogP contribution in [0.15, 0.2) is 71.8 Å². The first kappa shape index (κ1) is 26.4. The molecule has 3 aromatic rings. The molecule has 188 valence electrons. The van der Waals surface area contributed by atoms with Crippen molar-refractivity contribution < 1.29 is 4.79 Å². The summed E-state index contributed by atoms with van der Waals surface area (Å²) in [7, 11) is 0. The summed E-state index contributed by atoms with van der Waals surface area (Å²) in [5, 5.41) is 4.78. The second kappa shape index (κ2) is 12.5. The number of piperazine rings is 1. The number of aromatic amines is 1. The van der Waals surface area contributed by atoms with Crippen LogP contribution in [0.4, 0.5) is 0 Å². The molecule has 0 atom stereocenters. The zero-order chi connectivity index (χ0) is 25.5. The van der Waals surface area contributed by atoms with Crippen molar-refractivity contribution in [2.75, 3.05) is 32.7 Å². The van der Waals surface area contributed by atoms with Gasteiger partial charge in [-0.25, -0.2) is 0 Å². The van der Waals surface area contributed by atoms with Gasteiger partial charge in [0.15, 0.2) is 5.82 Å². The van der Waals surface area contributed by atoms with Gasteiger partial charge in [0.05, 0.1) is 6.54 Å². The molecule has 1 aliphatic rings. The van der Waals surface area contributed by atoms with Crippen molar-refractivity contribution in [2.24, 2.45) is 0 Å². The highest BCUT2D eigenvalue weighted by Crippen LogP contribution is 2.19. The Morgan fingerprint density at radius 2 is 1.89 bits per heavy atom. The first-order valence-corrected chi connectivity index (χ1v) is 13.1. The third kappa shape index (κ3) is 6.95. The van der Waals surface area contributed by atoms with Crippen molar-refractivity contribution in [2.45, 2.75) is 19.9 Å². The van der Waals surface area contributed by atoms with Gasteiger partial charge in [0, 0.05) is 53.9 Å². The molecule has 36 heavy (non-hydrogen) atoms. The van der Waals surface area contributed by atoms with Crippen molar-refractivity contribution in [1.82, 2.24) is 24.6 Å². The molecule has 1 saturated heterocycles. The average molecular weight is 543 g/mol. The summed E-state index contributed by atoms with van der Waals surface area (Å²) in [6, 6.07) is 15.2. The number of aromatic nitrogens is 3. The molecule has 1 aromatic heterocycles. The van der Waals surface area contributed by atoms with Crippen LogP contribution in [0.3, 0.4) is 0 Å².